The second kappa shape index (κ2) is 6.53. The highest BCUT2D eigenvalue weighted by molar-refractivity contribution is 6.31. The molecule has 0 saturated heterocycles. The normalized spacial score (nSPS) is 24.2. The molecule has 1 aromatic carbocycles. The van der Waals surface area contributed by atoms with Gasteiger partial charge in [-0.3, -0.25) is 0 Å². The standard InChI is InChI=1S/C15H21ClFN/c1-2-9-18-15-6-4-3-5-12(15)13-10-11(17)7-8-14(13)16/h7-8,10,12,15,18H,2-6,9H2,1H3. The van der Waals surface area contributed by atoms with Gasteiger partial charge in [-0.2, -0.15) is 0 Å². The van der Waals surface area contributed by atoms with Crippen molar-refractivity contribution in [2.75, 3.05) is 6.54 Å². The first-order valence-corrected chi connectivity index (χ1v) is 7.28. The van der Waals surface area contributed by atoms with Gasteiger partial charge in [0, 0.05) is 17.0 Å². The van der Waals surface area contributed by atoms with Crippen LogP contribution in [0.5, 0.6) is 0 Å². The average molecular weight is 270 g/mol. The first-order chi connectivity index (χ1) is 8.72. The van der Waals surface area contributed by atoms with E-state index in [9.17, 15) is 4.39 Å². The summed E-state index contributed by atoms with van der Waals surface area (Å²) in [5.74, 6) is 0.169. The Morgan fingerprint density at radius 2 is 2.11 bits per heavy atom. The molecule has 0 bridgehead atoms. The average Bonchev–Trinajstić information content (AvgIpc) is 2.39. The lowest BCUT2D eigenvalue weighted by molar-refractivity contribution is 0.327. The molecule has 1 aliphatic carbocycles. The van der Waals surface area contributed by atoms with Crippen LogP contribution in [0.3, 0.4) is 0 Å². The third-order valence-corrected chi connectivity index (χ3v) is 4.12. The van der Waals surface area contributed by atoms with E-state index < -0.39 is 0 Å². The minimum absolute atomic E-state index is 0.186. The molecule has 3 heteroatoms. The van der Waals surface area contributed by atoms with E-state index in [0.717, 1.165) is 31.4 Å². The van der Waals surface area contributed by atoms with Crippen LogP contribution in [0.25, 0.3) is 0 Å². The maximum Gasteiger partial charge on any atom is 0.123 e. The molecule has 2 rings (SSSR count). The van der Waals surface area contributed by atoms with Crippen molar-refractivity contribution in [2.45, 2.75) is 51.0 Å². The molecular weight excluding hydrogens is 249 g/mol. The Balaban J connectivity index is 2.19. The molecule has 18 heavy (non-hydrogen) atoms. The van der Waals surface area contributed by atoms with Crippen LogP contribution in [0.15, 0.2) is 18.2 Å². The quantitative estimate of drug-likeness (QED) is 0.848. The Kier molecular flexibility index (Phi) is 5.02. The predicted molar refractivity (Wildman–Crippen MR) is 74.7 cm³/mol. The number of halogens is 2. The smallest absolute Gasteiger partial charge is 0.123 e. The van der Waals surface area contributed by atoms with Crippen molar-refractivity contribution in [3.8, 4) is 0 Å². The maximum atomic E-state index is 13.4. The molecule has 0 spiro atoms. The molecule has 2 unspecified atom stereocenters. The van der Waals surface area contributed by atoms with Crippen LogP contribution in [0.4, 0.5) is 4.39 Å². The van der Waals surface area contributed by atoms with Crippen LogP contribution in [-0.2, 0) is 0 Å². The van der Waals surface area contributed by atoms with Gasteiger partial charge in [0.2, 0.25) is 0 Å². The minimum Gasteiger partial charge on any atom is -0.313 e. The van der Waals surface area contributed by atoms with Gasteiger partial charge in [0.15, 0.2) is 0 Å². The summed E-state index contributed by atoms with van der Waals surface area (Å²) in [5.41, 5.74) is 0.977. The molecule has 0 amide bonds. The summed E-state index contributed by atoms with van der Waals surface area (Å²) in [7, 11) is 0. The van der Waals surface area contributed by atoms with Gasteiger partial charge in [-0.15, -0.1) is 0 Å². The monoisotopic (exact) mass is 269 g/mol. The highest BCUT2D eigenvalue weighted by atomic mass is 35.5. The van der Waals surface area contributed by atoms with E-state index in [2.05, 4.69) is 12.2 Å². The van der Waals surface area contributed by atoms with Crippen molar-refractivity contribution >= 4 is 11.6 Å². The lowest BCUT2D eigenvalue weighted by atomic mass is 9.80. The van der Waals surface area contributed by atoms with Gasteiger partial charge in [0.05, 0.1) is 0 Å². The van der Waals surface area contributed by atoms with Crippen LogP contribution < -0.4 is 5.32 Å². The van der Waals surface area contributed by atoms with E-state index in [0.29, 0.717) is 17.0 Å². The molecule has 0 aromatic heterocycles. The Labute approximate surface area is 114 Å². The van der Waals surface area contributed by atoms with Crippen LogP contribution in [0, 0.1) is 5.82 Å². The van der Waals surface area contributed by atoms with E-state index in [-0.39, 0.29) is 5.82 Å². The highest BCUT2D eigenvalue weighted by Gasteiger charge is 2.27. The van der Waals surface area contributed by atoms with E-state index in [1.165, 1.54) is 18.9 Å². The second-order valence-electron chi connectivity index (χ2n) is 5.12. The Morgan fingerprint density at radius 3 is 2.89 bits per heavy atom. The number of nitrogens with one attached hydrogen (secondary N) is 1. The van der Waals surface area contributed by atoms with Gasteiger partial charge in [-0.25, -0.2) is 4.39 Å². The summed E-state index contributed by atoms with van der Waals surface area (Å²) in [6.45, 7) is 3.19. The third-order valence-electron chi connectivity index (χ3n) is 3.78. The Bertz CT molecular complexity index is 394. The number of rotatable bonds is 4. The van der Waals surface area contributed by atoms with Crippen molar-refractivity contribution in [1.82, 2.24) is 5.32 Å². The van der Waals surface area contributed by atoms with Gasteiger partial charge >= 0.3 is 0 Å². The molecular formula is C15H21ClFN. The van der Waals surface area contributed by atoms with Crippen molar-refractivity contribution in [2.24, 2.45) is 0 Å². The lowest BCUT2D eigenvalue weighted by Gasteiger charge is -2.33. The zero-order chi connectivity index (χ0) is 13.0. The van der Waals surface area contributed by atoms with Gasteiger partial charge < -0.3 is 5.32 Å². The molecule has 0 heterocycles. The zero-order valence-electron chi connectivity index (χ0n) is 10.9. The number of benzene rings is 1. The number of hydrogen-bond acceptors (Lipinski definition) is 1. The van der Waals surface area contributed by atoms with Gasteiger partial charge in [-0.1, -0.05) is 31.4 Å². The van der Waals surface area contributed by atoms with Gasteiger partial charge in [0.1, 0.15) is 5.82 Å². The molecule has 1 nitrogen and oxygen atoms in total. The molecule has 0 radical (unpaired) electrons. The summed E-state index contributed by atoms with van der Waals surface area (Å²) in [6.07, 6.45) is 5.86. The summed E-state index contributed by atoms with van der Waals surface area (Å²) in [5, 5.41) is 4.29. The SMILES string of the molecule is CCCNC1CCCCC1c1cc(F)ccc1Cl. The van der Waals surface area contributed by atoms with Crippen molar-refractivity contribution in [3.05, 3.63) is 34.6 Å². The first-order valence-electron chi connectivity index (χ1n) is 6.90. The molecule has 1 aliphatic rings. The summed E-state index contributed by atoms with van der Waals surface area (Å²) >= 11 is 6.23. The summed E-state index contributed by atoms with van der Waals surface area (Å²) in [6, 6.07) is 5.16. The third kappa shape index (κ3) is 3.24. The number of hydrogen-bond donors (Lipinski definition) is 1. The molecule has 100 valence electrons. The van der Waals surface area contributed by atoms with Crippen molar-refractivity contribution in [1.29, 1.82) is 0 Å². The largest absolute Gasteiger partial charge is 0.313 e. The molecule has 1 N–H and O–H groups in total. The van der Waals surface area contributed by atoms with Gasteiger partial charge in [0.25, 0.3) is 0 Å². The fourth-order valence-electron chi connectivity index (χ4n) is 2.88. The van der Waals surface area contributed by atoms with Crippen LogP contribution >= 0.6 is 11.6 Å². The van der Waals surface area contributed by atoms with Crippen LogP contribution in [0.1, 0.15) is 50.5 Å². The molecule has 1 aromatic rings. The molecule has 1 fully saturated rings. The molecule has 0 aliphatic heterocycles. The van der Waals surface area contributed by atoms with E-state index in [4.69, 9.17) is 11.6 Å². The summed E-state index contributed by atoms with van der Waals surface area (Å²) in [4.78, 5) is 0. The van der Waals surface area contributed by atoms with E-state index in [1.54, 1.807) is 12.1 Å². The first kappa shape index (κ1) is 13.8. The van der Waals surface area contributed by atoms with E-state index >= 15 is 0 Å². The molecule has 1 saturated carbocycles. The summed E-state index contributed by atoms with van der Waals surface area (Å²) < 4.78 is 13.4. The van der Waals surface area contributed by atoms with Gasteiger partial charge in [-0.05, 0) is 49.6 Å². The fraction of sp³-hybridized carbons (Fsp3) is 0.600. The van der Waals surface area contributed by atoms with Crippen LogP contribution in [-0.4, -0.2) is 12.6 Å². The molecule has 2 atom stereocenters. The lowest BCUT2D eigenvalue weighted by Crippen LogP contribution is -2.37. The van der Waals surface area contributed by atoms with E-state index in [1.807, 2.05) is 0 Å². The topological polar surface area (TPSA) is 12.0 Å². The Hall–Kier alpha value is -0.600. The highest BCUT2D eigenvalue weighted by Crippen LogP contribution is 2.36. The maximum absolute atomic E-state index is 13.4. The second-order valence-corrected chi connectivity index (χ2v) is 5.52. The predicted octanol–water partition coefficient (Wildman–Crippen LogP) is 4.50. The zero-order valence-corrected chi connectivity index (χ0v) is 11.6. The minimum atomic E-state index is -0.186. The van der Waals surface area contributed by atoms with Crippen LogP contribution in [0.2, 0.25) is 5.02 Å². The fourth-order valence-corrected chi connectivity index (χ4v) is 3.13. The Morgan fingerprint density at radius 1 is 1.33 bits per heavy atom. The van der Waals surface area contributed by atoms with Crippen molar-refractivity contribution < 1.29 is 4.39 Å². The van der Waals surface area contributed by atoms with Crippen molar-refractivity contribution in [3.63, 3.8) is 0 Å².